The van der Waals surface area contributed by atoms with Gasteiger partial charge in [-0.3, -0.25) is 4.79 Å². The Hall–Kier alpha value is -3.03. The Morgan fingerprint density at radius 3 is 2.79 bits per heavy atom. The van der Waals surface area contributed by atoms with Crippen LogP contribution in [-0.4, -0.2) is 17.6 Å². The number of benzene rings is 2. The normalized spacial score (nSPS) is 15.1. The van der Waals surface area contributed by atoms with Crippen molar-refractivity contribution in [1.29, 1.82) is 0 Å². The van der Waals surface area contributed by atoms with Crippen LogP contribution in [0.4, 0.5) is 11.4 Å². The van der Waals surface area contributed by atoms with Crippen molar-refractivity contribution in [1.82, 2.24) is 10.5 Å². The lowest BCUT2D eigenvalue weighted by Gasteiger charge is -2.13. The Morgan fingerprint density at radius 2 is 2.07 bits per heavy atom. The largest absolute Gasteiger partial charge is 0.364 e. The molecule has 5 rings (SSSR count). The first-order chi connectivity index (χ1) is 14.2. The number of hydrogen-bond donors (Lipinski definition) is 3. The molecule has 148 valence electrons. The molecule has 0 saturated heterocycles. The van der Waals surface area contributed by atoms with Crippen LogP contribution < -0.4 is 21.3 Å². The number of anilines is 2. The van der Waals surface area contributed by atoms with Gasteiger partial charge in [-0.1, -0.05) is 47.1 Å². The topological polar surface area (TPSA) is 87.0 Å². The van der Waals surface area contributed by atoms with Gasteiger partial charge in [0.05, 0.1) is 11.6 Å². The van der Waals surface area contributed by atoms with Gasteiger partial charge in [-0.05, 0) is 36.0 Å². The number of nitrogen functional groups attached to an aromatic ring is 1. The molecule has 2 aromatic carbocycles. The summed E-state index contributed by atoms with van der Waals surface area (Å²) in [5.74, 6) is 0.539. The maximum atomic E-state index is 12.0. The van der Waals surface area contributed by atoms with Gasteiger partial charge < -0.3 is 9.84 Å². The van der Waals surface area contributed by atoms with E-state index in [1.54, 1.807) is 0 Å². The van der Waals surface area contributed by atoms with E-state index in [0.717, 1.165) is 45.6 Å². The lowest BCUT2D eigenvalue weighted by atomic mass is 10.0. The molecule has 1 aliphatic carbocycles. The van der Waals surface area contributed by atoms with E-state index in [9.17, 15) is 4.79 Å². The van der Waals surface area contributed by atoms with Crippen molar-refractivity contribution < 1.29 is 14.9 Å². The van der Waals surface area contributed by atoms with Gasteiger partial charge >= 0.3 is 0 Å². The number of halogens is 1. The molecule has 2 aliphatic rings. The van der Waals surface area contributed by atoms with Gasteiger partial charge in [-0.15, -0.1) is 5.53 Å². The molecule has 1 amide bonds. The summed E-state index contributed by atoms with van der Waals surface area (Å²) in [5, 5.41) is 9.43. The molecule has 0 unspecified atom stereocenters. The molecule has 4 N–H and O–H groups in total. The quantitative estimate of drug-likeness (QED) is 0.544. The molecule has 2 heterocycles. The summed E-state index contributed by atoms with van der Waals surface area (Å²) in [7, 11) is 0. The third-order valence-electron chi connectivity index (χ3n) is 5.33. The van der Waals surface area contributed by atoms with Gasteiger partial charge in [0.25, 0.3) is 5.91 Å². The second-order valence-corrected chi connectivity index (χ2v) is 7.83. The average molecular weight is 411 g/mol. The number of fused-ring (bicyclic) bond motifs is 1. The van der Waals surface area contributed by atoms with Crippen LogP contribution in [0.15, 0.2) is 53.3 Å². The molecule has 0 atom stereocenters. The average Bonchev–Trinajstić information content (AvgIpc) is 3.22. The van der Waals surface area contributed by atoms with Gasteiger partial charge in [0.15, 0.2) is 5.69 Å². The van der Waals surface area contributed by atoms with Crippen LogP contribution in [0.1, 0.15) is 28.9 Å². The fraction of sp³-hybridized carbons (Fsp3) is 0.238. The zero-order valence-electron chi connectivity index (χ0n) is 15.7. The molecule has 0 radical (unpaired) electrons. The number of nitrogens with two attached hydrogens (primary N) is 1. The number of quaternary nitrogens is 1. The van der Waals surface area contributed by atoms with Crippen molar-refractivity contribution in [3.63, 3.8) is 0 Å². The van der Waals surface area contributed by atoms with Crippen molar-refractivity contribution in [2.75, 3.05) is 17.0 Å². The number of rotatable bonds is 6. The van der Waals surface area contributed by atoms with E-state index < -0.39 is 0 Å². The Balaban J connectivity index is 1.29. The highest BCUT2D eigenvalue weighted by Gasteiger charge is 2.32. The number of hydrogen-bond acceptors (Lipinski definition) is 5. The predicted molar refractivity (Wildman–Crippen MR) is 110 cm³/mol. The van der Waals surface area contributed by atoms with E-state index in [4.69, 9.17) is 16.1 Å². The van der Waals surface area contributed by atoms with Crippen molar-refractivity contribution in [3.05, 3.63) is 65.0 Å². The number of nitrogens with one attached hydrogen (secondary N) is 2. The first-order valence-electron chi connectivity index (χ1n) is 9.66. The Kier molecular flexibility index (Phi) is 4.61. The lowest BCUT2D eigenvalue weighted by molar-refractivity contribution is -0.631. The summed E-state index contributed by atoms with van der Waals surface area (Å²) in [6.07, 6.45) is 4.01. The number of nitrogens with zero attached hydrogens (tertiary/aromatic N) is 2. The van der Waals surface area contributed by atoms with Crippen molar-refractivity contribution >= 4 is 28.9 Å². The second-order valence-electron chi connectivity index (χ2n) is 7.45. The van der Waals surface area contributed by atoms with Gasteiger partial charge in [0.2, 0.25) is 0 Å². The maximum absolute atomic E-state index is 12.0. The number of carbonyl (C=O) groups excluding carboxylic acids is 1. The molecular formula is C21H21ClN5O2+. The molecule has 1 saturated carbocycles. The lowest BCUT2D eigenvalue weighted by Crippen LogP contribution is -2.95. The van der Waals surface area contributed by atoms with Crippen molar-refractivity contribution in [2.24, 2.45) is 5.92 Å². The standard InChI is InChI=1S/C21H20ClN5O2/c22-19-16(7-8-18-20(19)24-26-27(18)12-14-1-2-14)15-5-3-13(4-6-15)11-23-21(28)17-9-10-29-25-17/h3-10,14,24,26H,1-2,11-12H2,(H,23,28)/p+1. The smallest absolute Gasteiger partial charge is 0.273 e. The molecular weight excluding hydrogens is 390 g/mol. The fourth-order valence-electron chi connectivity index (χ4n) is 3.51. The van der Waals surface area contributed by atoms with E-state index in [2.05, 4.69) is 33.0 Å². The maximum Gasteiger partial charge on any atom is 0.273 e. The molecule has 0 bridgehead atoms. The monoisotopic (exact) mass is 410 g/mol. The van der Waals surface area contributed by atoms with Crippen LogP contribution in [-0.2, 0) is 6.54 Å². The molecule has 0 spiro atoms. The molecule has 7 nitrogen and oxygen atoms in total. The minimum absolute atomic E-state index is 0.262. The van der Waals surface area contributed by atoms with Crippen LogP contribution in [0, 0.1) is 5.92 Å². The first kappa shape index (κ1) is 18.0. The summed E-state index contributed by atoms with van der Waals surface area (Å²) in [5.41, 5.74) is 10.7. The SMILES string of the molecule is O=C(NCc1ccc(-c2ccc3c(c2Cl)N[NH2+]N3CC2CC2)cc1)c1ccon1. The van der Waals surface area contributed by atoms with E-state index in [1.165, 1.54) is 25.2 Å². The minimum atomic E-state index is -0.262. The van der Waals surface area contributed by atoms with Crippen molar-refractivity contribution in [3.8, 4) is 11.1 Å². The first-order valence-corrected chi connectivity index (χ1v) is 10.0. The van der Waals surface area contributed by atoms with E-state index in [0.29, 0.717) is 6.54 Å². The summed E-state index contributed by atoms with van der Waals surface area (Å²) >= 11 is 6.72. The summed E-state index contributed by atoms with van der Waals surface area (Å²) in [6, 6.07) is 13.7. The van der Waals surface area contributed by atoms with Gasteiger partial charge in [0.1, 0.15) is 17.6 Å². The summed E-state index contributed by atoms with van der Waals surface area (Å²) < 4.78 is 4.69. The van der Waals surface area contributed by atoms with Crippen LogP contribution in [0.3, 0.4) is 0 Å². The molecule has 1 fully saturated rings. The molecule has 1 aliphatic heterocycles. The van der Waals surface area contributed by atoms with E-state index in [-0.39, 0.29) is 11.6 Å². The highest BCUT2D eigenvalue weighted by molar-refractivity contribution is 6.36. The van der Waals surface area contributed by atoms with Gasteiger partial charge in [-0.2, -0.15) is 0 Å². The number of aromatic nitrogens is 1. The third-order valence-corrected chi connectivity index (χ3v) is 5.73. The predicted octanol–water partition coefficient (Wildman–Crippen LogP) is 2.96. The van der Waals surface area contributed by atoms with E-state index in [1.807, 2.05) is 29.8 Å². The Morgan fingerprint density at radius 1 is 1.24 bits per heavy atom. The highest BCUT2D eigenvalue weighted by Crippen LogP contribution is 2.41. The van der Waals surface area contributed by atoms with Gasteiger partial charge in [0, 0.05) is 18.2 Å². The van der Waals surface area contributed by atoms with E-state index >= 15 is 0 Å². The third kappa shape index (κ3) is 3.66. The van der Waals surface area contributed by atoms with Crippen molar-refractivity contribution in [2.45, 2.75) is 19.4 Å². The number of amides is 1. The Labute approximate surface area is 173 Å². The summed E-state index contributed by atoms with van der Waals surface area (Å²) in [4.78, 5) is 12.0. The van der Waals surface area contributed by atoms with Crippen LogP contribution in [0.2, 0.25) is 5.02 Å². The second kappa shape index (κ2) is 7.42. The molecule has 29 heavy (non-hydrogen) atoms. The van der Waals surface area contributed by atoms with Crippen LogP contribution in [0.25, 0.3) is 11.1 Å². The molecule has 1 aromatic heterocycles. The zero-order valence-corrected chi connectivity index (χ0v) is 16.4. The highest BCUT2D eigenvalue weighted by atomic mass is 35.5. The summed E-state index contributed by atoms with van der Waals surface area (Å²) in [6.45, 7) is 1.46. The number of carbonyl (C=O) groups is 1. The molecule has 8 heteroatoms. The fourth-order valence-corrected chi connectivity index (χ4v) is 3.84. The van der Waals surface area contributed by atoms with Crippen LogP contribution >= 0.6 is 11.6 Å². The van der Waals surface area contributed by atoms with Crippen LogP contribution in [0.5, 0.6) is 0 Å². The molecule has 3 aromatic rings. The zero-order chi connectivity index (χ0) is 19.8. The minimum Gasteiger partial charge on any atom is -0.364 e. The Bertz CT molecular complexity index is 1030. The van der Waals surface area contributed by atoms with Gasteiger partial charge in [-0.25, -0.2) is 10.4 Å².